The van der Waals surface area contributed by atoms with E-state index in [-0.39, 0.29) is 25.3 Å². The summed E-state index contributed by atoms with van der Waals surface area (Å²) in [5.74, 6) is -1.60. The summed E-state index contributed by atoms with van der Waals surface area (Å²) >= 11 is 0. The quantitative estimate of drug-likeness (QED) is 0.560. The Morgan fingerprint density at radius 2 is 1.89 bits per heavy atom. The number of nitrogens with zero attached hydrogens (tertiary/aromatic N) is 1. The molecule has 0 aliphatic carbocycles. The highest BCUT2D eigenvalue weighted by Gasteiger charge is 2.20. The van der Waals surface area contributed by atoms with Gasteiger partial charge in [0, 0.05) is 19.5 Å². The molecule has 1 saturated heterocycles. The third-order valence-corrected chi connectivity index (χ3v) is 2.88. The van der Waals surface area contributed by atoms with Crippen LogP contribution < -0.4 is 11.1 Å². The summed E-state index contributed by atoms with van der Waals surface area (Å²) in [7, 11) is 0. The molecule has 1 atom stereocenters. The standard InChI is InChI=1S/C11H19N3O4/c12-8(3-4-10(16)17)11(18)13-7-9(15)14-5-1-2-6-14/h8H,1-7,12H2,(H,13,18)(H,16,17). The largest absolute Gasteiger partial charge is 0.481 e. The van der Waals surface area contributed by atoms with Crippen molar-refractivity contribution in [2.75, 3.05) is 19.6 Å². The zero-order valence-corrected chi connectivity index (χ0v) is 10.2. The number of nitrogens with two attached hydrogens (primary N) is 1. The van der Waals surface area contributed by atoms with E-state index in [1.165, 1.54) is 0 Å². The molecule has 1 rings (SSSR count). The second-order valence-corrected chi connectivity index (χ2v) is 4.34. The Hall–Kier alpha value is -1.63. The van der Waals surface area contributed by atoms with Gasteiger partial charge in [-0.15, -0.1) is 0 Å². The SMILES string of the molecule is NC(CCC(=O)O)C(=O)NCC(=O)N1CCCC1. The molecule has 102 valence electrons. The van der Waals surface area contributed by atoms with Gasteiger partial charge in [0.05, 0.1) is 12.6 Å². The summed E-state index contributed by atoms with van der Waals surface area (Å²) in [5, 5.41) is 10.9. The average molecular weight is 257 g/mol. The Morgan fingerprint density at radius 3 is 2.44 bits per heavy atom. The fraction of sp³-hybridized carbons (Fsp3) is 0.727. The molecule has 0 aromatic carbocycles. The van der Waals surface area contributed by atoms with Crippen LogP contribution in [0.2, 0.25) is 0 Å². The molecule has 18 heavy (non-hydrogen) atoms. The summed E-state index contributed by atoms with van der Waals surface area (Å²) in [4.78, 5) is 35.1. The van der Waals surface area contributed by atoms with Gasteiger partial charge in [0.15, 0.2) is 0 Å². The first-order valence-electron chi connectivity index (χ1n) is 6.03. The average Bonchev–Trinajstić information content (AvgIpc) is 2.86. The van der Waals surface area contributed by atoms with Gasteiger partial charge in [-0.3, -0.25) is 14.4 Å². The fourth-order valence-electron chi connectivity index (χ4n) is 1.78. The number of aliphatic carboxylic acids is 1. The molecular formula is C11H19N3O4. The van der Waals surface area contributed by atoms with Crippen molar-refractivity contribution in [3.8, 4) is 0 Å². The van der Waals surface area contributed by atoms with Crippen molar-refractivity contribution in [2.24, 2.45) is 5.73 Å². The number of carbonyl (C=O) groups excluding carboxylic acids is 2. The van der Waals surface area contributed by atoms with E-state index in [4.69, 9.17) is 10.8 Å². The number of rotatable bonds is 6. The van der Waals surface area contributed by atoms with E-state index < -0.39 is 17.9 Å². The van der Waals surface area contributed by atoms with E-state index in [1.807, 2.05) is 0 Å². The molecule has 1 heterocycles. The predicted octanol–water partition coefficient (Wildman–Crippen LogP) is -1.08. The second kappa shape index (κ2) is 6.95. The minimum absolute atomic E-state index is 0.0685. The van der Waals surface area contributed by atoms with Gasteiger partial charge >= 0.3 is 5.97 Å². The number of hydrogen-bond acceptors (Lipinski definition) is 4. The first kappa shape index (κ1) is 14.4. The molecule has 0 aromatic rings. The molecule has 4 N–H and O–H groups in total. The number of hydrogen-bond donors (Lipinski definition) is 3. The molecule has 0 aromatic heterocycles. The van der Waals surface area contributed by atoms with Crippen molar-refractivity contribution in [3.63, 3.8) is 0 Å². The van der Waals surface area contributed by atoms with Crippen LogP contribution in [0.4, 0.5) is 0 Å². The smallest absolute Gasteiger partial charge is 0.303 e. The van der Waals surface area contributed by atoms with Gasteiger partial charge in [0.25, 0.3) is 0 Å². The van der Waals surface area contributed by atoms with Crippen LogP contribution in [-0.4, -0.2) is 53.5 Å². The van der Waals surface area contributed by atoms with E-state index in [9.17, 15) is 14.4 Å². The lowest BCUT2D eigenvalue weighted by Crippen LogP contribution is -2.45. The third kappa shape index (κ3) is 4.70. The Balaban J connectivity index is 2.22. The third-order valence-electron chi connectivity index (χ3n) is 2.88. The lowest BCUT2D eigenvalue weighted by Gasteiger charge is -2.16. The number of carboxylic acid groups (broad SMARTS) is 1. The van der Waals surface area contributed by atoms with E-state index in [2.05, 4.69) is 5.32 Å². The number of likely N-dealkylation sites (tertiary alicyclic amines) is 1. The van der Waals surface area contributed by atoms with Crippen molar-refractivity contribution in [1.29, 1.82) is 0 Å². The summed E-state index contributed by atoms with van der Waals surface area (Å²) in [6.45, 7) is 1.40. The minimum Gasteiger partial charge on any atom is -0.481 e. The Kier molecular flexibility index (Phi) is 5.57. The summed E-state index contributed by atoms with van der Waals surface area (Å²) in [6.07, 6.45) is 1.91. The molecule has 7 heteroatoms. The van der Waals surface area contributed by atoms with Crippen LogP contribution in [0.25, 0.3) is 0 Å². The van der Waals surface area contributed by atoms with E-state index in [0.29, 0.717) is 0 Å². The molecule has 1 fully saturated rings. The van der Waals surface area contributed by atoms with E-state index in [0.717, 1.165) is 25.9 Å². The number of nitrogens with one attached hydrogen (secondary N) is 1. The zero-order valence-electron chi connectivity index (χ0n) is 10.2. The minimum atomic E-state index is -0.994. The van der Waals surface area contributed by atoms with Gasteiger partial charge in [0.1, 0.15) is 0 Å². The van der Waals surface area contributed by atoms with Gasteiger partial charge in [-0.1, -0.05) is 0 Å². The Morgan fingerprint density at radius 1 is 1.28 bits per heavy atom. The fourth-order valence-corrected chi connectivity index (χ4v) is 1.78. The highest BCUT2D eigenvalue weighted by molar-refractivity contribution is 5.87. The maximum absolute atomic E-state index is 11.6. The first-order chi connectivity index (χ1) is 8.50. The molecule has 0 spiro atoms. The molecule has 0 saturated carbocycles. The van der Waals surface area contributed by atoms with Crippen LogP contribution in [0, 0.1) is 0 Å². The first-order valence-corrected chi connectivity index (χ1v) is 6.03. The number of carbonyl (C=O) groups is 3. The van der Waals surface area contributed by atoms with Crippen LogP contribution >= 0.6 is 0 Å². The maximum Gasteiger partial charge on any atom is 0.303 e. The molecule has 7 nitrogen and oxygen atoms in total. The monoisotopic (exact) mass is 257 g/mol. The van der Waals surface area contributed by atoms with Crippen molar-refractivity contribution in [3.05, 3.63) is 0 Å². The van der Waals surface area contributed by atoms with Crippen molar-refractivity contribution in [2.45, 2.75) is 31.7 Å². The molecule has 0 radical (unpaired) electrons. The highest BCUT2D eigenvalue weighted by atomic mass is 16.4. The van der Waals surface area contributed by atoms with E-state index in [1.54, 1.807) is 4.90 Å². The highest BCUT2D eigenvalue weighted by Crippen LogP contribution is 2.06. The Bertz CT molecular complexity index is 326. The summed E-state index contributed by atoms with van der Waals surface area (Å²) < 4.78 is 0. The molecule has 1 aliphatic rings. The molecule has 2 amide bonds. The summed E-state index contributed by atoms with van der Waals surface area (Å²) in [5.41, 5.74) is 5.50. The van der Waals surface area contributed by atoms with Crippen molar-refractivity contribution >= 4 is 17.8 Å². The molecular weight excluding hydrogens is 238 g/mol. The molecule has 1 unspecified atom stereocenters. The lowest BCUT2D eigenvalue weighted by atomic mass is 10.1. The van der Waals surface area contributed by atoms with Crippen LogP contribution in [0.3, 0.4) is 0 Å². The van der Waals surface area contributed by atoms with Crippen LogP contribution in [0.1, 0.15) is 25.7 Å². The topological polar surface area (TPSA) is 113 Å². The number of carboxylic acids is 1. The molecule has 0 bridgehead atoms. The summed E-state index contributed by atoms with van der Waals surface area (Å²) in [6, 6.07) is -0.882. The normalized spacial score (nSPS) is 16.4. The van der Waals surface area contributed by atoms with Crippen LogP contribution in [-0.2, 0) is 14.4 Å². The van der Waals surface area contributed by atoms with Gasteiger partial charge < -0.3 is 21.1 Å². The zero-order chi connectivity index (χ0) is 13.5. The van der Waals surface area contributed by atoms with Crippen LogP contribution in [0.5, 0.6) is 0 Å². The van der Waals surface area contributed by atoms with Crippen molar-refractivity contribution < 1.29 is 19.5 Å². The second-order valence-electron chi connectivity index (χ2n) is 4.34. The van der Waals surface area contributed by atoms with Crippen LogP contribution in [0.15, 0.2) is 0 Å². The lowest BCUT2D eigenvalue weighted by molar-refractivity contribution is -0.137. The maximum atomic E-state index is 11.6. The van der Waals surface area contributed by atoms with Gasteiger partial charge in [0.2, 0.25) is 11.8 Å². The van der Waals surface area contributed by atoms with Gasteiger partial charge in [-0.2, -0.15) is 0 Å². The Labute approximate surface area is 105 Å². The van der Waals surface area contributed by atoms with E-state index >= 15 is 0 Å². The van der Waals surface area contributed by atoms with Gasteiger partial charge in [-0.05, 0) is 19.3 Å². The predicted molar refractivity (Wildman–Crippen MR) is 63.7 cm³/mol. The van der Waals surface area contributed by atoms with Crippen molar-refractivity contribution in [1.82, 2.24) is 10.2 Å². The molecule has 1 aliphatic heterocycles. The van der Waals surface area contributed by atoms with Gasteiger partial charge in [-0.25, -0.2) is 0 Å². The number of amides is 2.